The SMILES string of the molecule is C[C@@H](COCCC(=O)N1CCN(c2ncc(C3CC3(F)F)cn2)CC1)Nc1cn[nH]c(=O)c1C(F)(F)F. The van der Waals surface area contributed by atoms with E-state index >= 15 is 0 Å². The molecule has 1 saturated carbocycles. The van der Waals surface area contributed by atoms with Crippen molar-refractivity contribution in [1.29, 1.82) is 0 Å². The fourth-order valence-corrected chi connectivity index (χ4v) is 4.08. The average molecular weight is 531 g/mol. The van der Waals surface area contributed by atoms with Gasteiger partial charge in [0.15, 0.2) is 0 Å². The van der Waals surface area contributed by atoms with E-state index in [4.69, 9.17) is 4.74 Å². The van der Waals surface area contributed by atoms with E-state index in [1.54, 1.807) is 16.9 Å². The molecule has 2 aliphatic rings. The van der Waals surface area contributed by atoms with Crippen LogP contribution in [0.1, 0.15) is 36.8 Å². The zero-order valence-corrected chi connectivity index (χ0v) is 19.9. The van der Waals surface area contributed by atoms with Crippen LogP contribution in [0.4, 0.5) is 33.6 Å². The van der Waals surface area contributed by atoms with E-state index < -0.39 is 40.9 Å². The normalized spacial score (nSPS) is 20.0. The zero-order valence-electron chi connectivity index (χ0n) is 19.9. The van der Waals surface area contributed by atoms with E-state index in [0.717, 1.165) is 6.20 Å². The molecule has 15 heteroatoms. The number of aromatic nitrogens is 4. The molecule has 2 N–H and O–H groups in total. The van der Waals surface area contributed by atoms with Crippen LogP contribution >= 0.6 is 0 Å². The molecule has 2 atom stereocenters. The Morgan fingerprint density at radius 2 is 1.86 bits per heavy atom. The first-order valence-corrected chi connectivity index (χ1v) is 11.7. The molecule has 2 aromatic heterocycles. The van der Waals surface area contributed by atoms with Crippen molar-refractivity contribution in [3.05, 3.63) is 40.1 Å². The summed E-state index contributed by atoms with van der Waals surface area (Å²) in [5.74, 6) is -3.19. The largest absolute Gasteiger partial charge is 0.423 e. The van der Waals surface area contributed by atoms with Gasteiger partial charge in [0, 0.05) is 51.0 Å². The number of carbonyl (C=O) groups excluding carboxylic acids is 1. The zero-order chi connectivity index (χ0) is 26.8. The third-order valence-corrected chi connectivity index (χ3v) is 6.17. The van der Waals surface area contributed by atoms with E-state index in [9.17, 15) is 31.5 Å². The number of anilines is 2. The van der Waals surface area contributed by atoms with Crippen molar-refractivity contribution in [2.24, 2.45) is 0 Å². The molecule has 202 valence electrons. The Bertz CT molecular complexity index is 1150. The van der Waals surface area contributed by atoms with Gasteiger partial charge in [0.1, 0.15) is 5.56 Å². The lowest BCUT2D eigenvalue weighted by Crippen LogP contribution is -2.49. The number of carbonyl (C=O) groups is 1. The van der Waals surface area contributed by atoms with Crippen LogP contribution in [0.3, 0.4) is 0 Å². The number of halogens is 5. The number of nitrogens with zero attached hydrogens (tertiary/aromatic N) is 5. The highest BCUT2D eigenvalue weighted by Gasteiger charge is 2.57. The van der Waals surface area contributed by atoms with Gasteiger partial charge in [0.2, 0.25) is 11.9 Å². The number of hydrogen-bond donors (Lipinski definition) is 2. The van der Waals surface area contributed by atoms with Crippen LogP contribution in [0.5, 0.6) is 0 Å². The Morgan fingerprint density at radius 3 is 2.46 bits per heavy atom. The lowest BCUT2D eigenvalue weighted by atomic mass is 10.2. The summed E-state index contributed by atoms with van der Waals surface area (Å²) < 4.78 is 71.2. The van der Waals surface area contributed by atoms with E-state index in [1.807, 2.05) is 4.90 Å². The van der Waals surface area contributed by atoms with Crippen LogP contribution in [-0.4, -0.2) is 82.3 Å². The fourth-order valence-electron chi connectivity index (χ4n) is 4.08. The number of aromatic amines is 1. The van der Waals surface area contributed by atoms with Crippen LogP contribution in [0, 0.1) is 0 Å². The molecule has 4 rings (SSSR count). The van der Waals surface area contributed by atoms with Gasteiger partial charge in [0.25, 0.3) is 11.5 Å². The molecular formula is C22H26F5N7O3. The summed E-state index contributed by atoms with van der Waals surface area (Å²) in [5, 5.41) is 7.73. The summed E-state index contributed by atoms with van der Waals surface area (Å²) in [6.07, 6.45) is -1.20. The predicted molar refractivity (Wildman–Crippen MR) is 122 cm³/mol. The maximum atomic E-state index is 13.2. The summed E-state index contributed by atoms with van der Waals surface area (Å²) in [6.45, 7) is 3.48. The summed E-state index contributed by atoms with van der Waals surface area (Å²) in [5.41, 5.74) is -2.75. The van der Waals surface area contributed by atoms with Crippen molar-refractivity contribution in [3.8, 4) is 0 Å². The van der Waals surface area contributed by atoms with Crippen LogP contribution in [-0.2, 0) is 15.7 Å². The van der Waals surface area contributed by atoms with Crippen molar-refractivity contribution >= 4 is 17.5 Å². The predicted octanol–water partition coefficient (Wildman–Crippen LogP) is 2.26. The molecule has 3 heterocycles. The second kappa shape index (κ2) is 10.6. The summed E-state index contributed by atoms with van der Waals surface area (Å²) in [6, 6.07) is -0.583. The Hall–Kier alpha value is -3.36. The third kappa shape index (κ3) is 6.50. The number of H-pyrrole nitrogens is 1. The van der Waals surface area contributed by atoms with Crippen molar-refractivity contribution in [2.45, 2.75) is 43.8 Å². The minimum absolute atomic E-state index is 0.00524. The number of hydrogen-bond acceptors (Lipinski definition) is 8. The number of ether oxygens (including phenoxy) is 1. The van der Waals surface area contributed by atoms with Gasteiger partial charge < -0.3 is 19.9 Å². The topological polar surface area (TPSA) is 116 Å². The fraction of sp³-hybridized carbons (Fsp3) is 0.591. The molecule has 0 aromatic carbocycles. The number of alkyl halides is 5. The summed E-state index contributed by atoms with van der Waals surface area (Å²) in [7, 11) is 0. The van der Waals surface area contributed by atoms with Crippen LogP contribution in [0.15, 0.2) is 23.4 Å². The molecule has 1 aliphatic carbocycles. The van der Waals surface area contributed by atoms with Crippen molar-refractivity contribution in [1.82, 2.24) is 25.1 Å². The van der Waals surface area contributed by atoms with Gasteiger partial charge in [-0.3, -0.25) is 9.59 Å². The molecule has 1 amide bonds. The molecule has 2 aromatic rings. The maximum absolute atomic E-state index is 13.2. The molecule has 2 fully saturated rings. The van der Waals surface area contributed by atoms with E-state index in [1.165, 1.54) is 12.4 Å². The molecular weight excluding hydrogens is 505 g/mol. The first-order chi connectivity index (χ1) is 17.5. The van der Waals surface area contributed by atoms with Crippen molar-refractivity contribution in [2.75, 3.05) is 49.6 Å². The summed E-state index contributed by atoms with van der Waals surface area (Å²) >= 11 is 0. The Labute approximate surface area is 208 Å². The molecule has 10 nitrogen and oxygen atoms in total. The second-order valence-electron chi connectivity index (χ2n) is 9.06. The lowest BCUT2D eigenvalue weighted by Gasteiger charge is -2.34. The van der Waals surface area contributed by atoms with E-state index in [-0.39, 0.29) is 32.0 Å². The van der Waals surface area contributed by atoms with E-state index in [2.05, 4.69) is 20.4 Å². The number of amides is 1. The van der Waals surface area contributed by atoms with Gasteiger partial charge in [-0.2, -0.15) is 18.3 Å². The first kappa shape index (κ1) is 26.7. The molecule has 0 bridgehead atoms. The number of rotatable bonds is 9. The monoisotopic (exact) mass is 531 g/mol. The minimum atomic E-state index is -4.85. The van der Waals surface area contributed by atoms with Gasteiger partial charge >= 0.3 is 6.18 Å². The highest BCUT2D eigenvalue weighted by Crippen LogP contribution is 2.55. The second-order valence-corrected chi connectivity index (χ2v) is 9.06. The van der Waals surface area contributed by atoms with E-state index in [0.29, 0.717) is 37.7 Å². The van der Waals surface area contributed by atoms with Crippen LogP contribution < -0.4 is 15.8 Å². The molecule has 0 spiro atoms. The highest BCUT2D eigenvalue weighted by molar-refractivity contribution is 5.76. The first-order valence-electron chi connectivity index (χ1n) is 11.7. The third-order valence-electron chi connectivity index (χ3n) is 6.17. The molecule has 1 saturated heterocycles. The smallest absolute Gasteiger partial charge is 0.379 e. The van der Waals surface area contributed by atoms with Gasteiger partial charge in [-0.15, -0.1) is 0 Å². The Balaban J connectivity index is 1.16. The average Bonchev–Trinajstić information content (AvgIpc) is 3.49. The molecule has 1 unspecified atom stereocenters. The standard InChI is InChI=1S/C22H26F5N7O3/c1-13(31-16-11-30-32-19(36)18(16)22(25,26)27)12-37-7-2-17(35)33-3-5-34(6-4-33)20-28-9-14(10-29-20)15-8-21(15,23)24/h9-11,13,15H,2-8,12H2,1H3,(H2,31,32,36)/t13-,15?/m0/s1. The van der Waals surface area contributed by atoms with Crippen LogP contribution in [0.2, 0.25) is 0 Å². The Morgan fingerprint density at radius 1 is 1.22 bits per heavy atom. The molecule has 0 radical (unpaired) electrons. The van der Waals surface area contributed by atoms with Gasteiger partial charge in [0.05, 0.1) is 37.4 Å². The number of piperazine rings is 1. The Kier molecular flexibility index (Phi) is 7.62. The number of nitrogens with one attached hydrogen (secondary N) is 2. The van der Waals surface area contributed by atoms with Crippen molar-refractivity contribution in [3.63, 3.8) is 0 Å². The van der Waals surface area contributed by atoms with Crippen molar-refractivity contribution < 1.29 is 31.5 Å². The van der Waals surface area contributed by atoms with Gasteiger partial charge in [-0.05, 0) is 12.5 Å². The lowest BCUT2D eigenvalue weighted by molar-refractivity contribution is -0.138. The highest BCUT2D eigenvalue weighted by atomic mass is 19.4. The quantitative estimate of drug-likeness (QED) is 0.374. The van der Waals surface area contributed by atoms with Gasteiger partial charge in [-0.25, -0.2) is 23.8 Å². The maximum Gasteiger partial charge on any atom is 0.423 e. The van der Waals surface area contributed by atoms with Crippen LogP contribution in [0.25, 0.3) is 0 Å². The molecule has 37 heavy (non-hydrogen) atoms. The summed E-state index contributed by atoms with van der Waals surface area (Å²) in [4.78, 5) is 36.0. The van der Waals surface area contributed by atoms with Gasteiger partial charge in [-0.1, -0.05) is 0 Å². The minimum Gasteiger partial charge on any atom is -0.379 e. The molecule has 1 aliphatic heterocycles.